The van der Waals surface area contributed by atoms with Crippen molar-refractivity contribution in [2.45, 2.75) is 0 Å². The predicted molar refractivity (Wildman–Crippen MR) is 112 cm³/mol. The number of aromatic nitrogens is 2. The van der Waals surface area contributed by atoms with Crippen LogP contribution in [0.5, 0.6) is 0 Å². The number of hydrogen-bond donors (Lipinski definition) is 0. The smallest absolute Gasteiger partial charge is 0.145 e. The van der Waals surface area contributed by atoms with E-state index in [0.717, 1.165) is 32.6 Å². The van der Waals surface area contributed by atoms with Crippen molar-refractivity contribution in [1.29, 1.82) is 0 Å². The van der Waals surface area contributed by atoms with Crippen molar-refractivity contribution < 1.29 is 0 Å². The highest BCUT2D eigenvalue weighted by Gasteiger charge is 2.15. The van der Waals surface area contributed by atoms with Crippen molar-refractivity contribution in [2.24, 2.45) is 0 Å². The number of hydrogen-bond acceptors (Lipinski definition) is 1. The number of benzene rings is 4. The molecular formula is C23H15BrN2. The fourth-order valence-electron chi connectivity index (χ4n) is 3.49. The standard InChI is InChI=1S/C23H15BrN2/c24-18-10-5-9-17(15-18)23-25-20-12-3-4-13-22(20)26(23)21-14-6-8-16-7-1-2-11-19(16)21/h1-15H. The van der Waals surface area contributed by atoms with Gasteiger partial charge in [-0.05, 0) is 35.7 Å². The van der Waals surface area contributed by atoms with Gasteiger partial charge in [0.2, 0.25) is 0 Å². The summed E-state index contributed by atoms with van der Waals surface area (Å²) in [6.07, 6.45) is 0. The molecule has 0 atom stereocenters. The zero-order valence-corrected chi connectivity index (χ0v) is 15.5. The van der Waals surface area contributed by atoms with Crippen molar-refractivity contribution in [3.8, 4) is 17.1 Å². The quantitative estimate of drug-likeness (QED) is 0.327. The van der Waals surface area contributed by atoms with Crippen LogP contribution in [0.1, 0.15) is 0 Å². The van der Waals surface area contributed by atoms with E-state index < -0.39 is 0 Å². The predicted octanol–water partition coefficient (Wildman–Crippen LogP) is 6.61. The summed E-state index contributed by atoms with van der Waals surface area (Å²) in [5, 5.41) is 2.44. The van der Waals surface area contributed by atoms with E-state index in [0.29, 0.717) is 0 Å². The molecule has 124 valence electrons. The van der Waals surface area contributed by atoms with Crippen LogP contribution in [0.2, 0.25) is 0 Å². The van der Waals surface area contributed by atoms with Crippen LogP contribution >= 0.6 is 15.9 Å². The zero-order valence-electron chi connectivity index (χ0n) is 13.9. The van der Waals surface area contributed by atoms with Gasteiger partial charge in [-0.3, -0.25) is 4.57 Å². The van der Waals surface area contributed by atoms with E-state index in [9.17, 15) is 0 Å². The molecule has 26 heavy (non-hydrogen) atoms. The van der Waals surface area contributed by atoms with Gasteiger partial charge in [-0.25, -0.2) is 4.98 Å². The highest BCUT2D eigenvalue weighted by Crippen LogP contribution is 2.32. The van der Waals surface area contributed by atoms with Gasteiger partial charge in [0.15, 0.2) is 0 Å². The van der Waals surface area contributed by atoms with E-state index in [1.807, 2.05) is 18.2 Å². The van der Waals surface area contributed by atoms with Crippen LogP contribution in [-0.2, 0) is 0 Å². The second-order valence-electron chi connectivity index (χ2n) is 6.27. The van der Waals surface area contributed by atoms with Crippen molar-refractivity contribution in [3.05, 3.63) is 95.5 Å². The first-order valence-corrected chi connectivity index (χ1v) is 9.32. The Morgan fingerprint density at radius 1 is 0.731 bits per heavy atom. The minimum Gasteiger partial charge on any atom is -0.292 e. The Morgan fingerprint density at radius 3 is 2.42 bits per heavy atom. The maximum Gasteiger partial charge on any atom is 0.145 e. The normalized spacial score (nSPS) is 11.3. The minimum absolute atomic E-state index is 0.948. The van der Waals surface area contributed by atoms with Crippen LogP contribution in [0.15, 0.2) is 95.5 Å². The van der Waals surface area contributed by atoms with Gasteiger partial charge in [0.1, 0.15) is 5.82 Å². The molecule has 0 unspecified atom stereocenters. The zero-order chi connectivity index (χ0) is 17.5. The summed E-state index contributed by atoms with van der Waals surface area (Å²) >= 11 is 3.59. The average Bonchev–Trinajstić information content (AvgIpc) is 3.07. The summed E-state index contributed by atoms with van der Waals surface area (Å²) in [5.41, 5.74) is 4.34. The van der Waals surface area contributed by atoms with E-state index in [1.165, 1.54) is 10.8 Å². The lowest BCUT2D eigenvalue weighted by molar-refractivity contribution is 1.11. The highest BCUT2D eigenvalue weighted by atomic mass is 79.9. The summed E-state index contributed by atoms with van der Waals surface area (Å²) < 4.78 is 3.31. The topological polar surface area (TPSA) is 17.8 Å². The third-order valence-electron chi connectivity index (χ3n) is 4.65. The van der Waals surface area contributed by atoms with Gasteiger partial charge in [-0.15, -0.1) is 0 Å². The lowest BCUT2D eigenvalue weighted by Gasteiger charge is -2.13. The van der Waals surface area contributed by atoms with Gasteiger partial charge < -0.3 is 0 Å². The van der Waals surface area contributed by atoms with Gasteiger partial charge in [-0.1, -0.05) is 76.6 Å². The van der Waals surface area contributed by atoms with Gasteiger partial charge in [0.25, 0.3) is 0 Å². The van der Waals surface area contributed by atoms with E-state index in [1.54, 1.807) is 0 Å². The molecule has 3 heteroatoms. The molecule has 0 fully saturated rings. The van der Waals surface area contributed by atoms with Crippen LogP contribution in [-0.4, -0.2) is 9.55 Å². The van der Waals surface area contributed by atoms with E-state index >= 15 is 0 Å². The van der Waals surface area contributed by atoms with Crippen LogP contribution in [0.4, 0.5) is 0 Å². The number of fused-ring (bicyclic) bond motifs is 2. The SMILES string of the molecule is Brc1cccc(-c2nc3ccccc3n2-c2cccc3ccccc23)c1. The van der Waals surface area contributed by atoms with Crippen LogP contribution in [0.3, 0.4) is 0 Å². The number of rotatable bonds is 2. The van der Waals surface area contributed by atoms with Gasteiger partial charge in [0, 0.05) is 15.4 Å². The Kier molecular flexibility index (Phi) is 3.61. The van der Waals surface area contributed by atoms with Crippen molar-refractivity contribution in [1.82, 2.24) is 9.55 Å². The summed E-state index contributed by atoms with van der Waals surface area (Å²) in [6, 6.07) is 31.5. The molecule has 5 aromatic rings. The molecule has 0 radical (unpaired) electrons. The van der Waals surface area contributed by atoms with E-state index in [2.05, 4.69) is 93.3 Å². The monoisotopic (exact) mass is 398 g/mol. The lowest BCUT2D eigenvalue weighted by Crippen LogP contribution is -1.98. The minimum atomic E-state index is 0.948. The molecule has 0 spiro atoms. The number of halogens is 1. The van der Waals surface area contributed by atoms with Gasteiger partial charge in [0.05, 0.1) is 16.7 Å². The molecule has 0 aliphatic carbocycles. The number of nitrogens with zero attached hydrogens (tertiary/aromatic N) is 2. The number of imidazole rings is 1. The maximum absolute atomic E-state index is 4.95. The molecular weight excluding hydrogens is 384 g/mol. The van der Waals surface area contributed by atoms with Crippen LogP contribution < -0.4 is 0 Å². The average molecular weight is 399 g/mol. The third kappa shape index (κ3) is 2.44. The lowest BCUT2D eigenvalue weighted by atomic mass is 10.1. The molecule has 0 aliphatic heterocycles. The molecule has 2 nitrogen and oxygen atoms in total. The van der Waals surface area contributed by atoms with E-state index in [-0.39, 0.29) is 0 Å². The Morgan fingerprint density at radius 2 is 1.50 bits per heavy atom. The fourth-order valence-corrected chi connectivity index (χ4v) is 3.89. The molecule has 1 heterocycles. The summed E-state index contributed by atoms with van der Waals surface area (Å²) in [5.74, 6) is 0.948. The second kappa shape index (κ2) is 6.11. The second-order valence-corrected chi connectivity index (χ2v) is 7.18. The summed E-state index contributed by atoms with van der Waals surface area (Å²) in [6.45, 7) is 0. The first-order valence-electron chi connectivity index (χ1n) is 8.53. The first-order chi connectivity index (χ1) is 12.8. The molecule has 5 rings (SSSR count). The molecule has 0 amide bonds. The Labute approximate surface area is 159 Å². The third-order valence-corrected chi connectivity index (χ3v) is 5.14. The molecule has 0 bridgehead atoms. The van der Waals surface area contributed by atoms with Crippen molar-refractivity contribution in [2.75, 3.05) is 0 Å². The highest BCUT2D eigenvalue weighted by molar-refractivity contribution is 9.10. The van der Waals surface area contributed by atoms with Gasteiger partial charge >= 0.3 is 0 Å². The van der Waals surface area contributed by atoms with E-state index in [4.69, 9.17) is 4.98 Å². The summed E-state index contributed by atoms with van der Waals surface area (Å²) in [7, 11) is 0. The van der Waals surface area contributed by atoms with Gasteiger partial charge in [-0.2, -0.15) is 0 Å². The molecule has 1 aromatic heterocycles. The Bertz CT molecular complexity index is 1250. The Hall–Kier alpha value is -2.91. The van der Waals surface area contributed by atoms with Crippen LogP contribution in [0, 0.1) is 0 Å². The number of para-hydroxylation sites is 2. The molecule has 0 saturated heterocycles. The molecule has 4 aromatic carbocycles. The molecule has 0 saturated carbocycles. The van der Waals surface area contributed by atoms with Crippen LogP contribution in [0.25, 0.3) is 38.9 Å². The first kappa shape index (κ1) is 15.4. The summed E-state index contributed by atoms with van der Waals surface area (Å²) in [4.78, 5) is 4.95. The molecule has 0 N–H and O–H groups in total. The van der Waals surface area contributed by atoms with Crippen molar-refractivity contribution in [3.63, 3.8) is 0 Å². The molecule has 0 aliphatic rings. The fraction of sp³-hybridized carbons (Fsp3) is 0. The van der Waals surface area contributed by atoms with Crippen molar-refractivity contribution >= 4 is 37.7 Å². The maximum atomic E-state index is 4.95. The largest absolute Gasteiger partial charge is 0.292 e. The Balaban J connectivity index is 1.91.